The third-order valence-corrected chi connectivity index (χ3v) is 27.9. The maximum Gasteiger partial charge on any atom is 0.488 e. The van der Waals surface area contributed by atoms with Crippen molar-refractivity contribution in [2.75, 3.05) is 27.2 Å². The number of aliphatic hydroxyl groups is 1. The van der Waals surface area contributed by atoms with E-state index in [1.165, 1.54) is 45.6 Å². The number of carbonyl (C=O) groups is 5. The van der Waals surface area contributed by atoms with E-state index < -0.39 is 215 Å². The molecule has 4 aliphatic rings. The summed E-state index contributed by atoms with van der Waals surface area (Å²) in [5.41, 5.74) is 1.66. The number of hydrogen-bond donors (Lipinski definition) is 9. The SMILES string of the molecule is CNC(CCCCNC(=O)CCC(NC(=O)CCC(C)C1CCC2C3CC[C@H]4C[C@@H](O)CC[C@@]4(C)C3CC[C@@]12C)C(=O)O)C(=O)NC(CCN(C)Cc1ccccc1B(O)O)C(=O)O.[B]B([B])B(B([B])[B])B(B(B([B])[B])B([B])[B])B(B(B([B])[B])B([B])[B])B(B([B])[B])B([B])[B].[B][B]B(B([B])[B])B(B(B([B])[B])B([B])[B])B(B(B([B])[B])B([B])[B])B(B([B])[B])B([B])[B]. The van der Waals surface area contributed by atoms with Crippen molar-refractivity contribution in [1.82, 2.24) is 26.2 Å². The summed E-state index contributed by atoms with van der Waals surface area (Å²) >= 11 is 0. The second kappa shape index (κ2) is 55.9. The zero-order chi connectivity index (χ0) is 94.1. The summed E-state index contributed by atoms with van der Waals surface area (Å²) < 4.78 is 0. The van der Waals surface area contributed by atoms with E-state index in [1.54, 1.807) is 38.4 Å². The van der Waals surface area contributed by atoms with Gasteiger partial charge in [0.1, 0.15) is 12.1 Å². The lowest BCUT2D eigenvalue weighted by Gasteiger charge is -2.61. The third kappa shape index (κ3) is 33.9. The van der Waals surface area contributed by atoms with Gasteiger partial charge in [-0.2, -0.15) is 0 Å². The lowest BCUT2D eigenvalue weighted by molar-refractivity contribution is -0.142. The van der Waals surface area contributed by atoms with Gasteiger partial charge < -0.3 is 51.5 Å². The van der Waals surface area contributed by atoms with Gasteiger partial charge in [-0.1, -0.05) is 45.0 Å². The number of rotatable bonds is 50. The highest BCUT2D eigenvalue weighted by molar-refractivity contribution is 8.29. The summed E-state index contributed by atoms with van der Waals surface area (Å²) in [7, 11) is 189. The Morgan fingerprint density at radius 3 is 1.30 bits per heavy atom. The first-order valence-corrected chi connectivity index (χ1v) is 43.2. The highest BCUT2D eigenvalue weighted by atomic mass is 16.4. The van der Waals surface area contributed by atoms with E-state index in [-0.39, 0.29) is 49.0 Å². The summed E-state index contributed by atoms with van der Waals surface area (Å²) in [6, 6.07) is 3.91. The fraction of sp³-hybridized carbons (Fsp3) is 0.771. The highest BCUT2D eigenvalue weighted by Gasteiger charge is 2.61. The molecule has 0 saturated heterocycles. The summed E-state index contributed by atoms with van der Waals surface area (Å²) in [4.78, 5) is 64.8. The molecule has 12 atom stereocenters. The summed E-state index contributed by atoms with van der Waals surface area (Å²) in [5.74, 6) is 0.265. The largest absolute Gasteiger partial charge is 0.488 e. The molecule has 5 rings (SSSR count). The lowest BCUT2D eigenvalue weighted by atomic mass is 8.31. The molecular weight excluding hydrogens is 1460 g/mol. The Labute approximate surface area is 794 Å². The zero-order valence-corrected chi connectivity index (χ0v) is 73.1. The Hall–Kier alpha value is 0.266. The van der Waals surface area contributed by atoms with E-state index in [4.69, 9.17) is 240 Å². The van der Waals surface area contributed by atoms with Gasteiger partial charge in [0.15, 0.2) is 0 Å². The van der Waals surface area contributed by atoms with E-state index in [1.807, 2.05) is 4.90 Å². The Bertz CT molecular complexity index is 3120. The van der Waals surface area contributed by atoms with Gasteiger partial charge in [0, 0.05) is 452 Å². The first-order valence-electron chi connectivity index (χ1n) is 43.2. The van der Waals surface area contributed by atoms with Crippen molar-refractivity contribution in [3.63, 3.8) is 0 Å². The van der Waals surface area contributed by atoms with Crippen LogP contribution in [0.4, 0.5) is 0 Å². The Balaban J connectivity index is 0.000000551. The molecule has 15 nitrogen and oxygen atoms in total. The summed E-state index contributed by atoms with van der Waals surface area (Å²) in [5, 5.41) is 60.4. The number of aliphatic hydroxyl groups excluding tert-OH is 1. The van der Waals surface area contributed by atoms with Gasteiger partial charge in [-0.25, -0.2) is 9.59 Å². The van der Waals surface area contributed by atoms with Crippen LogP contribution in [0.15, 0.2) is 24.3 Å². The van der Waals surface area contributed by atoms with Gasteiger partial charge in [0.2, 0.25) is 17.7 Å². The van der Waals surface area contributed by atoms with Crippen LogP contribution in [-0.2, 0) is 30.5 Å². The average molecular weight is 1530 g/mol. The standard InChI is InChI=1S/C48H78BN5O10.B30.B29/c1-30(35-16-17-36-34-15-14-32-28-33(55)21-24-47(32,2)37(34)22-25-48(35,36)3)13-19-43(57)52-40(45(59)60)18-20-42(56)51-26-9-8-12-39(50-4)44(58)53-41(46(61)62)23-27-54(5)29-31-10-6-7-11-38(31)49(63)64;1-17(2)25(18(3)4)29(26(19(5)6)20(7)8)30(27(21(9)10)22(11)12)28(23(13)14)24(15)16;1-16-24(17(2)3)28(25(18(4)5)19(6)7)29(26(20(8)9)21(10)11)27(22(12)13)23(14)15/h6-7,10-11,30,32-37,39-41,50,55,63-64H,8-9,12-29H2,1-5H3,(H,51,56)(H,52,57)(H,53,58)(H,59,60)(H,61,62);;/t30?,32-,33-,34?,35?,36?,37?,39?,40?,41?,47+,48-;;/m0../s1. The molecule has 123 heavy (non-hydrogen) atoms. The lowest BCUT2D eigenvalue weighted by Crippen LogP contribution is -2.88. The maximum absolute atomic E-state index is 13.1. The second-order valence-corrected chi connectivity index (χ2v) is 36.3. The minimum Gasteiger partial charge on any atom is -0.480 e. The molecule has 9 N–H and O–H groups in total. The molecule has 3 amide bonds. The van der Waals surface area contributed by atoms with Crippen LogP contribution in [0, 0.1) is 46.3 Å². The molecule has 1 aromatic rings. The average Bonchev–Trinajstić information content (AvgIpc) is 1.65. The van der Waals surface area contributed by atoms with Gasteiger partial charge >= 0.3 is 19.1 Å². The highest BCUT2D eigenvalue weighted by Crippen LogP contribution is 2.68. The molecule has 0 spiro atoms. The molecule has 535 valence electrons. The summed E-state index contributed by atoms with van der Waals surface area (Å²) in [6.45, 7) is 8.28. The van der Waals surface area contributed by atoms with E-state index in [2.05, 4.69) is 42.0 Å². The van der Waals surface area contributed by atoms with Crippen LogP contribution in [0.1, 0.15) is 135 Å². The van der Waals surface area contributed by atoms with Gasteiger partial charge in [0.25, 0.3) is 0 Å². The first-order chi connectivity index (χ1) is 57.1. The summed E-state index contributed by atoms with van der Waals surface area (Å²) in [6.07, 6.45) is -12.8. The number of carboxylic acids is 2. The van der Waals surface area contributed by atoms with E-state index in [0.29, 0.717) is 85.4 Å². The Kier molecular flexibility index (Phi) is 53.4. The second-order valence-electron chi connectivity index (χ2n) is 36.3. The molecular formula is C48H78B60N5O10. The van der Waals surface area contributed by atoms with Crippen LogP contribution in [-0.4, -0.2) is 538 Å². The van der Waals surface area contributed by atoms with Gasteiger partial charge in [-0.3, -0.25) is 14.4 Å². The van der Waals surface area contributed by atoms with E-state index in [0.717, 1.165) is 31.1 Å². The smallest absolute Gasteiger partial charge is 0.480 e. The predicted octanol–water partition coefficient (Wildman–Crippen LogP) is -19.0. The van der Waals surface area contributed by atoms with Crippen LogP contribution >= 0.6 is 0 Å². The molecule has 0 aromatic heterocycles. The molecule has 0 bridgehead atoms. The number of aliphatic carboxylic acids is 2. The zero-order valence-electron chi connectivity index (χ0n) is 73.1. The van der Waals surface area contributed by atoms with Crippen molar-refractivity contribution in [1.29, 1.82) is 0 Å². The van der Waals surface area contributed by atoms with Crippen molar-refractivity contribution in [2.24, 2.45) is 46.3 Å². The number of nitrogens with zero attached hydrogens (tertiary/aromatic N) is 1. The fourth-order valence-electron chi connectivity index (χ4n) is 21.9. The monoisotopic (exact) mass is 1550 g/mol. The Morgan fingerprint density at radius 2 is 0.886 bits per heavy atom. The molecule has 1 aromatic carbocycles. The van der Waals surface area contributed by atoms with Crippen LogP contribution in [0.25, 0.3) is 0 Å². The van der Waals surface area contributed by atoms with Gasteiger partial charge in [0.05, 0.1) is 12.1 Å². The van der Waals surface area contributed by atoms with Crippen molar-refractivity contribution in [2.45, 2.75) is 161 Å². The molecule has 4 saturated carbocycles. The minimum atomic E-state index is -1.62. The third-order valence-electron chi connectivity index (χ3n) is 27.9. The number of likely N-dealkylation sites (N-methyl/N-ethyl adjacent to an activating group) is 1. The number of benzene rings is 1. The Morgan fingerprint density at radius 1 is 0.480 bits per heavy atom. The minimum absolute atomic E-state index is 0.0340. The van der Waals surface area contributed by atoms with E-state index >= 15 is 0 Å². The number of nitrogens with one attached hydrogen (secondary N) is 4. The van der Waals surface area contributed by atoms with Crippen LogP contribution < -0.4 is 26.7 Å². The van der Waals surface area contributed by atoms with E-state index in [9.17, 15) is 49.3 Å². The quantitative estimate of drug-likeness (QED) is 0.0219. The van der Waals surface area contributed by atoms with Crippen LogP contribution in [0.5, 0.6) is 0 Å². The van der Waals surface area contributed by atoms with Crippen LogP contribution in [0.3, 0.4) is 0 Å². The molecule has 75 heteroatoms. The maximum atomic E-state index is 13.1. The molecule has 0 heterocycles. The number of carbonyl (C=O) groups excluding carboxylic acids is 3. The number of hydrogen-bond acceptors (Lipinski definition) is 10. The van der Waals surface area contributed by atoms with Gasteiger partial charge in [-0.05, 0) is 168 Å². The molecule has 63 radical (unpaired) electrons. The van der Waals surface area contributed by atoms with Gasteiger partial charge in [-0.15, -0.1) is 0 Å². The number of carboxylic acid groups (broad SMARTS) is 2. The normalized spacial score (nSPS) is 19.7. The number of fused-ring (bicyclic) bond motifs is 5. The number of amides is 3. The van der Waals surface area contributed by atoms with Crippen molar-refractivity contribution in [3.05, 3.63) is 29.8 Å². The van der Waals surface area contributed by atoms with Crippen molar-refractivity contribution < 1.29 is 49.3 Å². The first kappa shape index (κ1) is 117. The topological polar surface area (TPSA) is 238 Å². The molecule has 8 unspecified atom stereocenters. The predicted molar refractivity (Wildman–Crippen MR) is 584 cm³/mol. The van der Waals surface area contributed by atoms with Crippen LogP contribution in [0.2, 0.25) is 0 Å². The van der Waals surface area contributed by atoms with Crippen molar-refractivity contribution >= 4 is 462 Å². The van der Waals surface area contributed by atoms with Crippen molar-refractivity contribution in [3.8, 4) is 0 Å². The molecule has 4 fully saturated rings. The number of unbranched alkanes of at least 4 members (excludes halogenated alkanes) is 1. The fourth-order valence-corrected chi connectivity index (χ4v) is 21.9. The molecule has 4 aliphatic carbocycles. The molecule has 0 aliphatic heterocycles.